The monoisotopic (exact) mass is 265 g/mol. The Kier molecular flexibility index (Phi) is 4.66. The van der Waals surface area contributed by atoms with E-state index < -0.39 is 16.0 Å². The molecule has 0 saturated carbocycles. The molecule has 0 aliphatic carbocycles. The minimum absolute atomic E-state index is 0.0743. The SMILES string of the molecule is C#CCNS(=O)(=O)c1ccc(/C=C/C(=O)O)cc1. The fourth-order valence-electron chi connectivity index (χ4n) is 1.15. The number of rotatable bonds is 5. The van der Waals surface area contributed by atoms with Crippen molar-refractivity contribution in [1.82, 2.24) is 4.72 Å². The van der Waals surface area contributed by atoms with E-state index in [1.807, 2.05) is 0 Å². The topological polar surface area (TPSA) is 83.5 Å². The van der Waals surface area contributed by atoms with Crippen molar-refractivity contribution in [3.05, 3.63) is 35.9 Å². The van der Waals surface area contributed by atoms with Gasteiger partial charge in [-0.15, -0.1) is 6.42 Å². The number of terminal acetylenes is 1. The van der Waals surface area contributed by atoms with Crippen molar-refractivity contribution in [2.75, 3.05) is 6.54 Å². The third-order valence-electron chi connectivity index (χ3n) is 1.97. The molecule has 1 aromatic rings. The summed E-state index contributed by atoms with van der Waals surface area (Å²) in [4.78, 5) is 10.4. The number of carbonyl (C=O) groups is 1. The zero-order chi connectivity index (χ0) is 13.6. The molecule has 0 radical (unpaired) electrons. The van der Waals surface area contributed by atoms with E-state index >= 15 is 0 Å². The second-order valence-electron chi connectivity index (χ2n) is 3.27. The summed E-state index contributed by atoms with van der Waals surface area (Å²) in [6.45, 7) is -0.0804. The first-order chi connectivity index (χ1) is 8.45. The van der Waals surface area contributed by atoms with E-state index in [9.17, 15) is 13.2 Å². The van der Waals surface area contributed by atoms with Crippen molar-refractivity contribution < 1.29 is 18.3 Å². The van der Waals surface area contributed by atoms with Crippen molar-refractivity contribution >= 4 is 22.1 Å². The van der Waals surface area contributed by atoms with Gasteiger partial charge < -0.3 is 5.11 Å². The molecular weight excluding hydrogens is 254 g/mol. The van der Waals surface area contributed by atoms with Crippen LogP contribution in [-0.4, -0.2) is 26.0 Å². The number of hydrogen-bond acceptors (Lipinski definition) is 3. The number of carboxylic acid groups (broad SMARTS) is 1. The van der Waals surface area contributed by atoms with Gasteiger partial charge in [-0.1, -0.05) is 18.1 Å². The quantitative estimate of drug-likeness (QED) is 0.606. The summed E-state index contributed by atoms with van der Waals surface area (Å²) in [5.41, 5.74) is 0.591. The number of carboxylic acids is 1. The second-order valence-corrected chi connectivity index (χ2v) is 5.04. The minimum atomic E-state index is -3.60. The Balaban J connectivity index is 2.90. The first-order valence-electron chi connectivity index (χ1n) is 4.90. The number of sulfonamides is 1. The summed E-state index contributed by atoms with van der Waals surface area (Å²) in [5.74, 6) is 1.10. The summed E-state index contributed by atoms with van der Waals surface area (Å²) in [7, 11) is -3.60. The summed E-state index contributed by atoms with van der Waals surface area (Å²) in [6, 6.07) is 5.76. The lowest BCUT2D eigenvalue weighted by Gasteiger charge is -2.03. The molecule has 1 rings (SSSR count). The van der Waals surface area contributed by atoms with E-state index in [1.165, 1.54) is 30.3 Å². The lowest BCUT2D eigenvalue weighted by Crippen LogP contribution is -2.23. The number of nitrogens with one attached hydrogen (secondary N) is 1. The molecule has 94 valence electrons. The Morgan fingerprint density at radius 1 is 1.39 bits per heavy atom. The van der Waals surface area contributed by atoms with E-state index in [2.05, 4.69) is 10.6 Å². The first-order valence-corrected chi connectivity index (χ1v) is 6.38. The predicted octanol–water partition coefficient (Wildman–Crippen LogP) is 0.696. The molecule has 0 bridgehead atoms. The van der Waals surface area contributed by atoms with Gasteiger partial charge in [0.2, 0.25) is 10.0 Å². The summed E-state index contributed by atoms with van der Waals surface area (Å²) in [5, 5.41) is 8.44. The Morgan fingerprint density at radius 2 is 2.00 bits per heavy atom. The Labute approximate surface area is 105 Å². The van der Waals surface area contributed by atoms with Gasteiger partial charge in [-0.3, -0.25) is 0 Å². The van der Waals surface area contributed by atoms with Gasteiger partial charge in [-0.05, 0) is 23.8 Å². The molecular formula is C12H11NO4S. The fourth-order valence-corrected chi connectivity index (χ4v) is 2.08. The lowest BCUT2D eigenvalue weighted by atomic mass is 10.2. The second kappa shape index (κ2) is 6.00. The van der Waals surface area contributed by atoms with Gasteiger partial charge in [-0.2, -0.15) is 4.72 Å². The molecule has 5 nitrogen and oxygen atoms in total. The van der Waals surface area contributed by atoms with E-state index in [0.717, 1.165) is 6.08 Å². The Bertz CT molecular complexity index is 594. The number of hydrogen-bond donors (Lipinski definition) is 2. The highest BCUT2D eigenvalue weighted by atomic mass is 32.2. The zero-order valence-electron chi connectivity index (χ0n) is 9.33. The number of aliphatic carboxylic acids is 1. The standard InChI is InChI=1S/C12H11NO4S/c1-2-9-13-18(16,17)11-6-3-10(4-7-11)5-8-12(14)15/h1,3-8,13H,9H2,(H,14,15)/b8-5+. The van der Waals surface area contributed by atoms with Gasteiger partial charge in [0.25, 0.3) is 0 Å². The lowest BCUT2D eigenvalue weighted by molar-refractivity contribution is -0.131. The molecule has 0 unspecified atom stereocenters. The molecule has 0 atom stereocenters. The van der Waals surface area contributed by atoms with Crippen molar-refractivity contribution in [1.29, 1.82) is 0 Å². The van der Waals surface area contributed by atoms with Crippen LogP contribution >= 0.6 is 0 Å². The summed E-state index contributed by atoms with van der Waals surface area (Å²) < 4.78 is 25.5. The van der Waals surface area contributed by atoms with Crippen molar-refractivity contribution in [2.24, 2.45) is 0 Å². The molecule has 2 N–H and O–H groups in total. The summed E-state index contributed by atoms with van der Waals surface area (Å²) in [6.07, 6.45) is 7.31. The van der Waals surface area contributed by atoms with Crippen LogP contribution in [0.2, 0.25) is 0 Å². The van der Waals surface area contributed by atoms with Crippen LogP contribution < -0.4 is 4.72 Å². The van der Waals surface area contributed by atoms with Gasteiger partial charge in [0.15, 0.2) is 0 Å². The van der Waals surface area contributed by atoms with Crippen molar-refractivity contribution in [3.8, 4) is 12.3 Å². The van der Waals surface area contributed by atoms with E-state index in [1.54, 1.807) is 0 Å². The highest BCUT2D eigenvalue weighted by Crippen LogP contribution is 2.11. The van der Waals surface area contributed by atoms with Crippen LogP contribution in [-0.2, 0) is 14.8 Å². The molecule has 0 aliphatic heterocycles. The first kappa shape index (κ1) is 14.0. The van der Waals surface area contributed by atoms with Crippen molar-refractivity contribution in [3.63, 3.8) is 0 Å². The molecule has 18 heavy (non-hydrogen) atoms. The zero-order valence-corrected chi connectivity index (χ0v) is 10.1. The van der Waals surface area contributed by atoms with Gasteiger partial charge in [0.05, 0.1) is 11.4 Å². The average molecular weight is 265 g/mol. The van der Waals surface area contributed by atoms with Crippen molar-refractivity contribution in [2.45, 2.75) is 4.90 Å². The van der Waals surface area contributed by atoms with Gasteiger partial charge >= 0.3 is 5.97 Å². The minimum Gasteiger partial charge on any atom is -0.478 e. The number of benzene rings is 1. The fraction of sp³-hybridized carbons (Fsp3) is 0.0833. The van der Waals surface area contributed by atoms with Gasteiger partial charge in [0, 0.05) is 6.08 Å². The predicted molar refractivity (Wildman–Crippen MR) is 67.1 cm³/mol. The third-order valence-corrected chi connectivity index (χ3v) is 3.39. The highest BCUT2D eigenvalue weighted by Gasteiger charge is 2.11. The van der Waals surface area contributed by atoms with Crippen LogP contribution in [0.1, 0.15) is 5.56 Å². The van der Waals surface area contributed by atoms with Crippen LogP contribution in [0.4, 0.5) is 0 Å². The van der Waals surface area contributed by atoms with Gasteiger partial charge in [-0.25, -0.2) is 13.2 Å². The molecule has 0 amide bonds. The maximum atomic E-state index is 11.6. The molecule has 0 saturated heterocycles. The molecule has 6 heteroatoms. The largest absolute Gasteiger partial charge is 0.478 e. The van der Waals surface area contributed by atoms with Crippen LogP contribution in [0.5, 0.6) is 0 Å². The van der Waals surface area contributed by atoms with Gasteiger partial charge in [0.1, 0.15) is 0 Å². The Morgan fingerprint density at radius 3 is 2.50 bits per heavy atom. The smallest absolute Gasteiger partial charge is 0.328 e. The average Bonchev–Trinajstić information content (AvgIpc) is 2.34. The molecule has 0 aromatic heterocycles. The molecule has 1 aromatic carbocycles. The van der Waals surface area contributed by atoms with Crippen LogP contribution in [0.25, 0.3) is 6.08 Å². The molecule has 0 fully saturated rings. The maximum absolute atomic E-state index is 11.6. The summed E-state index contributed by atoms with van der Waals surface area (Å²) >= 11 is 0. The molecule has 0 aliphatic rings. The van der Waals surface area contributed by atoms with Crippen LogP contribution in [0.15, 0.2) is 35.2 Å². The van der Waals surface area contributed by atoms with E-state index in [4.69, 9.17) is 11.5 Å². The maximum Gasteiger partial charge on any atom is 0.328 e. The third kappa shape index (κ3) is 4.05. The van der Waals surface area contributed by atoms with E-state index in [0.29, 0.717) is 5.56 Å². The normalized spacial score (nSPS) is 11.3. The Hall–Kier alpha value is -2.10. The van der Waals surface area contributed by atoms with Crippen LogP contribution in [0.3, 0.4) is 0 Å². The van der Waals surface area contributed by atoms with E-state index in [-0.39, 0.29) is 11.4 Å². The van der Waals surface area contributed by atoms with Crippen LogP contribution in [0, 0.1) is 12.3 Å². The molecule has 0 heterocycles. The molecule has 0 spiro atoms. The highest BCUT2D eigenvalue weighted by molar-refractivity contribution is 7.89.